The summed E-state index contributed by atoms with van der Waals surface area (Å²) in [5.74, 6) is 2.43. The number of amides is 1. The van der Waals surface area contributed by atoms with Gasteiger partial charge in [0, 0.05) is 36.0 Å². The van der Waals surface area contributed by atoms with Gasteiger partial charge in [0.25, 0.3) is 0 Å². The standard InChI is InChI=1S/C32H41N3O3/c1-21-17-25(13-16-30(21)38-3)23-11-9-22(10-12-23)18-27-28(34-32(37)24-7-5-4-6-8-24)14-15-29(36)31(27)26-19-33-35(2)20-26/h13-17,19-20,22-24,36H,4-12,18H2,1-3H3,(H,34,37). The van der Waals surface area contributed by atoms with E-state index in [0.29, 0.717) is 11.8 Å². The SMILES string of the molecule is COc1ccc(C2CCC(Cc3c(NC(=O)C4CCCCC4)ccc(O)c3-c3cnn(C)c3)CC2)cc1C. The fourth-order valence-corrected chi connectivity index (χ4v) is 6.58. The summed E-state index contributed by atoms with van der Waals surface area (Å²) in [7, 11) is 3.61. The molecule has 2 aliphatic carbocycles. The van der Waals surface area contributed by atoms with E-state index in [1.165, 1.54) is 17.5 Å². The van der Waals surface area contributed by atoms with Crippen LogP contribution in [0.5, 0.6) is 11.5 Å². The molecule has 5 rings (SSSR count). The maximum absolute atomic E-state index is 13.2. The molecule has 0 radical (unpaired) electrons. The van der Waals surface area contributed by atoms with Crippen molar-refractivity contribution in [1.29, 1.82) is 0 Å². The number of carbonyl (C=O) groups is 1. The van der Waals surface area contributed by atoms with Crippen LogP contribution >= 0.6 is 0 Å². The summed E-state index contributed by atoms with van der Waals surface area (Å²) in [4.78, 5) is 13.2. The molecule has 2 aliphatic rings. The van der Waals surface area contributed by atoms with E-state index < -0.39 is 0 Å². The van der Waals surface area contributed by atoms with Crippen molar-refractivity contribution in [3.05, 3.63) is 59.4 Å². The quantitative estimate of drug-likeness (QED) is 0.328. The molecule has 202 valence electrons. The number of hydrogen-bond acceptors (Lipinski definition) is 4. The van der Waals surface area contributed by atoms with Crippen LogP contribution in [0.1, 0.15) is 80.4 Å². The van der Waals surface area contributed by atoms with Crippen LogP contribution in [-0.4, -0.2) is 27.9 Å². The maximum atomic E-state index is 13.2. The zero-order chi connectivity index (χ0) is 26.6. The smallest absolute Gasteiger partial charge is 0.227 e. The Labute approximate surface area is 226 Å². The molecule has 2 N–H and O–H groups in total. The molecule has 1 amide bonds. The summed E-state index contributed by atoms with van der Waals surface area (Å²) in [5.41, 5.74) is 6.14. The molecule has 1 heterocycles. The van der Waals surface area contributed by atoms with Gasteiger partial charge in [-0.2, -0.15) is 5.10 Å². The van der Waals surface area contributed by atoms with Crippen molar-refractivity contribution in [1.82, 2.24) is 9.78 Å². The van der Waals surface area contributed by atoms with E-state index in [-0.39, 0.29) is 17.6 Å². The number of aromatic hydroxyl groups is 1. The molecule has 0 saturated heterocycles. The van der Waals surface area contributed by atoms with Crippen LogP contribution in [0.4, 0.5) is 5.69 Å². The summed E-state index contributed by atoms with van der Waals surface area (Å²) in [5, 5.41) is 18.6. The minimum absolute atomic E-state index is 0.0793. The molecule has 1 aromatic heterocycles. The lowest BCUT2D eigenvalue weighted by Gasteiger charge is -2.30. The number of methoxy groups -OCH3 is 1. The molecule has 0 bridgehead atoms. The molecule has 0 spiro atoms. The number of benzene rings is 2. The third-order valence-corrected chi connectivity index (χ3v) is 8.75. The first-order valence-electron chi connectivity index (χ1n) is 14.2. The van der Waals surface area contributed by atoms with Gasteiger partial charge in [-0.25, -0.2) is 0 Å². The minimum atomic E-state index is 0.0793. The normalized spacial score (nSPS) is 20.3. The molecule has 2 saturated carbocycles. The van der Waals surface area contributed by atoms with Gasteiger partial charge in [0.1, 0.15) is 11.5 Å². The van der Waals surface area contributed by atoms with Crippen LogP contribution in [0.3, 0.4) is 0 Å². The number of hydrogen-bond donors (Lipinski definition) is 2. The van der Waals surface area contributed by atoms with Gasteiger partial charge in [0.15, 0.2) is 0 Å². The fraction of sp³-hybridized carbons (Fsp3) is 0.500. The van der Waals surface area contributed by atoms with Crippen LogP contribution in [0.2, 0.25) is 0 Å². The third-order valence-electron chi connectivity index (χ3n) is 8.75. The number of nitrogens with one attached hydrogen (secondary N) is 1. The molecule has 3 aromatic rings. The first kappa shape index (κ1) is 26.3. The largest absolute Gasteiger partial charge is 0.507 e. The van der Waals surface area contributed by atoms with Gasteiger partial charge < -0.3 is 15.2 Å². The monoisotopic (exact) mass is 515 g/mol. The molecule has 6 nitrogen and oxygen atoms in total. The second-order valence-electron chi connectivity index (χ2n) is 11.4. The predicted octanol–water partition coefficient (Wildman–Crippen LogP) is 7.15. The molecular weight excluding hydrogens is 474 g/mol. The zero-order valence-corrected chi connectivity index (χ0v) is 23.0. The van der Waals surface area contributed by atoms with Crippen LogP contribution < -0.4 is 10.1 Å². The third kappa shape index (κ3) is 5.74. The topological polar surface area (TPSA) is 76.4 Å². The van der Waals surface area contributed by atoms with Gasteiger partial charge in [-0.05, 0) is 98.6 Å². The van der Waals surface area contributed by atoms with E-state index in [1.807, 2.05) is 19.3 Å². The summed E-state index contributed by atoms with van der Waals surface area (Å²) in [6, 6.07) is 10.2. The van der Waals surface area contributed by atoms with Gasteiger partial charge in [-0.15, -0.1) is 0 Å². The number of carbonyl (C=O) groups excluding carboxylic acids is 1. The molecule has 0 aliphatic heterocycles. The number of nitrogens with zero attached hydrogens (tertiary/aromatic N) is 2. The molecule has 2 fully saturated rings. The molecule has 38 heavy (non-hydrogen) atoms. The first-order chi connectivity index (χ1) is 18.4. The van der Waals surface area contributed by atoms with Gasteiger partial charge in [0.05, 0.1) is 13.3 Å². The van der Waals surface area contributed by atoms with Gasteiger partial charge in [-0.1, -0.05) is 31.4 Å². The highest BCUT2D eigenvalue weighted by Gasteiger charge is 2.28. The van der Waals surface area contributed by atoms with E-state index in [2.05, 4.69) is 35.5 Å². The Morgan fingerprint density at radius 3 is 2.50 bits per heavy atom. The van der Waals surface area contributed by atoms with Crippen molar-refractivity contribution < 1.29 is 14.6 Å². The van der Waals surface area contributed by atoms with Crippen molar-refractivity contribution >= 4 is 11.6 Å². The summed E-state index contributed by atoms with van der Waals surface area (Å²) >= 11 is 0. The van der Waals surface area contributed by atoms with Crippen LogP contribution in [0.25, 0.3) is 11.1 Å². The van der Waals surface area contributed by atoms with E-state index in [1.54, 1.807) is 24.1 Å². The highest BCUT2D eigenvalue weighted by atomic mass is 16.5. The number of ether oxygens (including phenoxy) is 1. The highest BCUT2D eigenvalue weighted by Crippen LogP contribution is 2.43. The maximum Gasteiger partial charge on any atom is 0.227 e. The number of aryl methyl sites for hydroxylation is 2. The Morgan fingerprint density at radius 2 is 1.84 bits per heavy atom. The molecule has 0 unspecified atom stereocenters. The molecule has 0 atom stereocenters. The molecule has 6 heteroatoms. The average Bonchev–Trinajstić information content (AvgIpc) is 3.36. The van der Waals surface area contributed by atoms with Crippen molar-refractivity contribution in [3.63, 3.8) is 0 Å². The number of anilines is 1. The van der Waals surface area contributed by atoms with E-state index >= 15 is 0 Å². The van der Waals surface area contributed by atoms with E-state index in [9.17, 15) is 9.90 Å². The molecule has 2 aromatic carbocycles. The van der Waals surface area contributed by atoms with Crippen LogP contribution in [0, 0.1) is 18.8 Å². The van der Waals surface area contributed by atoms with E-state index in [0.717, 1.165) is 85.9 Å². The molecular formula is C32H41N3O3. The lowest BCUT2D eigenvalue weighted by atomic mass is 9.75. The van der Waals surface area contributed by atoms with E-state index in [4.69, 9.17) is 4.74 Å². The van der Waals surface area contributed by atoms with Gasteiger partial charge in [-0.3, -0.25) is 9.48 Å². The number of rotatable bonds is 7. The van der Waals surface area contributed by atoms with Crippen molar-refractivity contribution in [2.24, 2.45) is 18.9 Å². The minimum Gasteiger partial charge on any atom is -0.507 e. The van der Waals surface area contributed by atoms with Crippen molar-refractivity contribution in [2.75, 3.05) is 12.4 Å². The number of aromatic nitrogens is 2. The Kier molecular flexibility index (Phi) is 8.06. The second kappa shape index (κ2) is 11.6. The lowest BCUT2D eigenvalue weighted by Crippen LogP contribution is -2.25. The Balaban J connectivity index is 1.37. The fourth-order valence-electron chi connectivity index (χ4n) is 6.58. The zero-order valence-electron chi connectivity index (χ0n) is 23.0. The second-order valence-corrected chi connectivity index (χ2v) is 11.4. The van der Waals surface area contributed by atoms with Crippen molar-refractivity contribution in [3.8, 4) is 22.6 Å². The summed E-state index contributed by atoms with van der Waals surface area (Å²) in [6.45, 7) is 2.11. The Bertz CT molecular complexity index is 1270. The average molecular weight is 516 g/mol. The summed E-state index contributed by atoms with van der Waals surface area (Å²) in [6.07, 6.45) is 14.5. The van der Waals surface area contributed by atoms with Crippen LogP contribution in [-0.2, 0) is 18.3 Å². The van der Waals surface area contributed by atoms with Crippen molar-refractivity contribution in [2.45, 2.75) is 77.0 Å². The summed E-state index contributed by atoms with van der Waals surface area (Å²) < 4.78 is 7.21. The first-order valence-corrected chi connectivity index (χ1v) is 14.2. The van der Waals surface area contributed by atoms with Crippen LogP contribution in [0.15, 0.2) is 42.7 Å². The number of phenolic OH excluding ortho intramolecular Hbond substituents is 1. The Morgan fingerprint density at radius 1 is 1.08 bits per heavy atom. The van der Waals surface area contributed by atoms with Gasteiger partial charge in [0.2, 0.25) is 5.91 Å². The lowest BCUT2D eigenvalue weighted by molar-refractivity contribution is -0.120. The predicted molar refractivity (Wildman–Crippen MR) is 152 cm³/mol. The highest BCUT2D eigenvalue weighted by molar-refractivity contribution is 5.95. The number of phenols is 1. The van der Waals surface area contributed by atoms with Gasteiger partial charge >= 0.3 is 0 Å². The Hall–Kier alpha value is -3.28.